The summed E-state index contributed by atoms with van der Waals surface area (Å²) in [6.45, 7) is 0.721. The largest absolute Gasteiger partial charge is 0.508 e. The van der Waals surface area contributed by atoms with Crippen LogP contribution < -0.4 is 87.6 Å². The van der Waals surface area contributed by atoms with Crippen LogP contribution in [0.2, 0.25) is 0 Å². The number of aromatic hydroxyl groups is 1. The van der Waals surface area contributed by atoms with Crippen LogP contribution in [0.25, 0.3) is 0 Å². The molecule has 1 heterocycles. The average molecular weight is 1390 g/mol. The van der Waals surface area contributed by atoms with Crippen LogP contribution in [-0.4, -0.2) is 209 Å². The van der Waals surface area contributed by atoms with Crippen molar-refractivity contribution in [2.24, 2.45) is 45.3 Å². The van der Waals surface area contributed by atoms with Crippen molar-refractivity contribution in [2.75, 3.05) is 39.3 Å². The molecule has 0 unspecified atom stereocenters. The van der Waals surface area contributed by atoms with Crippen LogP contribution in [0.4, 0.5) is 0 Å². The number of aliphatic hydroxyl groups is 1. The number of aliphatic carboxylic acids is 1. The zero-order chi connectivity index (χ0) is 73.3. The molecule has 0 aliphatic carbocycles. The number of primary amides is 2. The van der Waals surface area contributed by atoms with Gasteiger partial charge >= 0.3 is 5.97 Å². The molecule has 1 aliphatic rings. The molecule has 0 radical (unpaired) electrons. The van der Waals surface area contributed by atoms with E-state index in [9.17, 15) is 77.3 Å². The number of phenolic OH excluding ortho intramolecular Hbond substituents is 1. The molecule has 0 bridgehead atoms. The first-order valence-electron chi connectivity index (χ1n) is 32.0. The number of nitrogens with one attached hydrogen (secondary N) is 10. The standard InChI is InChI=1S/C64H92N18O17/c1-35(2)53(81-60(96)46(31-50(68)86)80-59(95)43(28-37-15-7-4-8-16-37)78-61(97)47(34-83)74-51(87)32-72-54(90)40(66)27-36-13-5-3-6-14-36)63(99)82-26-12-19-48(82)62(98)76-42(18-11-25-71-64(69)70)56(92)75-41(17-9-10-24-65)57(93)77-44(29-38-20-22-39(84)23-21-38)58(94)79-45(30-49(67)85)55(91)73-33-52(88)89/h3-8,13-16,20-23,35,40-48,53,83-84H,9-12,17-19,24-34,65-66H2,1-2H3,(H2,67,85)(H2,68,86)(H,72,90)(H,73,91)(H,74,87)(H,75,92)(H,76,98)(H,77,93)(H,78,97)(H,79,94)(H,80,95)(H,81,96)(H,88,89)(H4,69,70,71)/t40-,41-,42-,43-,44-,45-,46-,47-,48-,53-/m0/s1. The van der Waals surface area contributed by atoms with Gasteiger partial charge in [0.25, 0.3) is 0 Å². The number of hydrogen-bond acceptors (Lipinski definition) is 19. The van der Waals surface area contributed by atoms with Crippen molar-refractivity contribution in [3.05, 3.63) is 102 Å². The minimum atomic E-state index is -1.80. The maximum atomic E-state index is 14.7. The highest BCUT2D eigenvalue weighted by Gasteiger charge is 2.42. The number of rotatable bonds is 42. The lowest BCUT2D eigenvalue weighted by Gasteiger charge is -2.32. The summed E-state index contributed by atoms with van der Waals surface area (Å²) < 4.78 is 0. The number of carbonyl (C=O) groups excluding carboxylic acids is 13. The lowest BCUT2D eigenvalue weighted by molar-refractivity contribution is -0.143. The highest BCUT2D eigenvalue weighted by Crippen LogP contribution is 2.22. The van der Waals surface area contributed by atoms with E-state index in [1.54, 1.807) is 74.5 Å². The number of carbonyl (C=O) groups is 14. The van der Waals surface area contributed by atoms with Gasteiger partial charge in [0.05, 0.1) is 32.0 Å². The van der Waals surface area contributed by atoms with Crippen molar-refractivity contribution in [3.63, 3.8) is 0 Å². The van der Waals surface area contributed by atoms with Crippen LogP contribution in [-0.2, 0) is 86.4 Å². The Morgan fingerprint density at radius 3 is 1.52 bits per heavy atom. The molecule has 3 aromatic carbocycles. The number of carboxylic acids is 1. The third-order valence-electron chi connectivity index (χ3n) is 15.5. The van der Waals surface area contributed by atoms with Crippen LogP contribution in [0, 0.1) is 5.92 Å². The number of nitrogens with two attached hydrogens (primary N) is 6. The van der Waals surface area contributed by atoms with Crippen molar-refractivity contribution in [3.8, 4) is 5.75 Å². The van der Waals surface area contributed by atoms with Gasteiger partial charge in [-0.25, -0.2) is 0 Å². The van der Waals surface area contributed by atoms with E-state index >= 15 is 0 Å². The first-order chi connectivity index (χ1) is 47.0. The second-order valence-corrected chi connectivity index (χ2v) is 23.8. The van der Waals surface area contributed by atoms with Crippen molar-refractivity contribution >= 4 is 88.7 Å². The van der Waals surface area contributed by atoms with Gasteiger partial charge in [0, 0.05) is 25.9 Å². The van der Waals surface area contributed by atoms with E-state index in [1.807, 2.05) is 0 Å². The SMILES string of the molecule is CC(C)[C@H](NC(=O)[C@H](CC(N)=O)NC(=O)[C@H](Cc1ccccc1)NC(=O)[C@H](CO)NC(=O)CNC(=O)[C@@H](N)Cc1ccccc1)C(=O)N1CCC[C@H]1C(=O)N[C@@H](CCCN=C(N)N)C(=O)N[C@@H](CCCCN)C(=O)N[C@@H](Cc1ccc(O)cc1)C(=O)N[C@@H](CC(N)=O)C(=O)NCC(=O)O. The molecule has 25 N–H and O–H groups in total. The zero-order valence-corrected chi connectivity index (χ0v) is 55.1. The molecule has 35 heteroatoms. The van der Waals surface area contributed by atoms with Gasteiger partial charge in [-0.1, -0.05) is 86.6 Å². The Morgan fingerprint density at radius 2 is 1.00 bits per heavy atom. The Labute approximate surface area is 570 Å². The minimum Gasteiger partial charge on any atom is -0.508 e. The number of aliphatic imine (C=N–C) groups is 1. The van der Waals surface area contributed by atoms with Crippen molar-refractivity contribution < 1.29 is 82.4 Å². The normalized spacial score (nSPS) is 15.2. The molecule has 0 saturated carbocycles. The van der Waals surface area contributed by atoms with Crippen LogP contribution in [0.5, 0.6) is 5.75 Å². The number of unbranched alkanes of at least 4 members (excludes halogenated alkanes) is 1. The van der Waals surface area contributed by atoms with Crippen LogP contribution in [0.15, 0.2) is 89.9 Å². The summed E-state index contributed by atoms with van der Waals surface area (Å²) in [4.78, 5) is 194. The Kier molecular flexibility index (Phi) is 33.7. The number of benzene rings is 3. The number of hydrogen-bond donors (Lipinski definition) is 19. The van der Waals surface area contributed by atoms with Gasteiger partial charge in [0.15, 0.2) is 5.96 Å². The summed E-state index contributed by atoms with van der Waals surface area (Å²) in [7, 11) is 0. The predicted octanol–water partition coefficient (Wildman–Crippen LogP) is -6.48. The maximum absolute atomic E-state index is 14.7. The van der Waals surface area contributed by atoms with Crippen molar-refractivity contribution in [1.29, 1.82) is 0 Å². The fourth-order valence-corrected chi connectivity index (χ4v) is 10.4. The number of amides is 13. The third kappa shape index (κ3) is 28.4. The van der Waals surface area contributed by atoms with E-state index in [0.717, 1.165) is 5.56 Å². The summed E-state index contributed by atoms with van der Waals surface area (Å²) in [6.07, 6.45) is -1.31. The molecule has 10 atom stereocenters. The second-order valence-electron chi connectivity index (χ2n) is 23.8. The molecule has 0 aromatic heterocycles. The monoisotopic (exact) mass is 1380 g/mol. The Hall–Kier alpha value is -10.8. The fourth-order valence-electron chi connectivity index (χ4n) is 10.4. The molecule has 99 heavy (non-hydrogen) atoms. The number of nitrogens with zero attached hydrogens (tertiary/aromatic N) is 2. The highest BCUT2D eigenvalue weighted by atomic mass is 16.4. The zero-order valence-electron chi connectivity index (χ0n) is 55.1. The average Bonchev–Trinajstić information content (AvgIpc) is 1.76. The molecular weight excluding hydrogens is 1290 g/mol. The van der Waals surface area contributed by atoms with Crippen LogP contribution in [0.3, 0.4) is 0 Å². The maximum Gasteiger partial charge on any atom is 0.322 e. The molecular formula is C64H92N18O17. The Balaban J connectivity index is 1.56. The van der Waals surface area contributed by atoms with E-state index in [-0.39, 0.29) is 89.1 Å². The number of phenols is 1. The lowest BCUT2D eigenvalue weighted by Crippen LogP contribution is -2.61. The lowest BCUT2D eigenvalue weighted by atomic mass is 10.0. The van der Waals surface area contributed by atoms with Gasteiger partial charge in [0.2, 0.25) is 76.8 Å². The first kappa shape index (κ1) is 80.6. The first-order valence-corrected chi connectivity index (χ1v) is 32.0. The van der Waals surface area contributed by atoms with Crippen molar-refractivity contribution in [2.45, 2.75) is 151 Å². The molecule has 35 nitrogen and oxygen atoms in total. The molecule has 13 amide bonds. The minimum absolute atomic E-state index is 0.0366. The molecule has 540 valence electrons. The predicted molar refractivity (Wildman–Crippen MR) is 356 cm³/mol. The molecule has 1 aliphatic heterocycles. The van der Waals surface area contributed by atoms with E-state index in [1.165, 1.54) is 29.2 Å². The van der Waals surface area contributed by atoms with E-state index in [2.05, 4.69) is 58.2 Å². The van der Waals surface area contributed by atoms with Gasteiger partial charge in [-0.05, 0) is 92.7 Å². The molecule has 4 rings (SSSR count). The van der Waals surface area contributed by atoms with E-state index in [4.69, 9.17) is 39.5 Å². The molecule has 1 fully saturated rings. The topological polar surface area (TPSA) is 592 Å². The van der Waals surface area contributed by atoms with Gasteiger partial charge in [-0.3, -0.25) is 72.1 Å². The molecule has 3 aromatic rings. The number of aliphatic hydroxyl groups excluding tert-OH is 1. The quantitative estimate of drug-likeness (QED) is 0.0142. The number of guanidine groups is 1. The van der Waals surface area contributed by atoms with E-state index < -0.39 is 182 Å². The van der Waals surface area contributed by atoms with Crippen molar-refractivity contribution in [1.82, 2.24) is 58.1 Å². The van der Waals surface area contributed by atoms with E-state index in [0.29, 0.717) is 17.5 Å². The second kappa shape index (κ2) is 41.3. The van der Waals surface area contributed by atoms with Crippen LogP contribution in [0.1, 0.15) is 88.3 Å². The van der Waals surface area contributed by atoms with Crippen LogP contribution >= 0.6 is 0 Å². The van der Waals surface area contributed by atoms with Gasteiger partial charge in [-0.15, -0.1) is 0 Å². The summed E-state index contributed by atoms with van der Waals surface area (Å²) in [5, 5.41) is 53.7. The third-order valence-corrected chi connectivity index (χ3v) is 15.5. The summed E-state index contributed by atoms with van der Waals surface area (Å²) >= 11 is 0. The number of carboxylic acid groups (broad SMARTS) is 1. The Bertz CT molecular complexity index is 3310. The summed E-state index contributed by atoms with van der Waals surface area (Å²) in [5.41, 5.74) is 35.5. The fraction of sp³-hybridized carbons (Fsp3) is 0.484. The smallest absolute Gasteiger partial charge is 0.322 e. The highest BCUT2D eigenvalue weighted by molar-refractivity contribution is 6.00. The number of likely N-dealkylation sites (tertiary alicyclic amines) is 1. The summed E-state index contributed by atoms with van der Waals surface area (Å²) in [6, 6.07) is 7.50. The molecule has 0 spiro atoms. The Morgan fingerprint density at radius 1 is 0.535 bits per heavy atom. The van der Waals surface area contributed by atoms with Gasteiger partial charge < -0.3 is 108 Å². The van der Waals surface area contributed by atoms with Gasteiger partial charge in [0.1, 0.15) is 66.7 Å². The van der Waals surface area contributed by atoms with Gasteiger partial charge in [-0.2, -0.15) is 0 Å². The summed E-state index contributed by atoms with van der Waals surface area (Å²) in [5.74, 6) is -15.2. The molecule has 1 saturated heterocycles.